The molecule has 0 aromatic rings. The fourth-order valence-electron chi connectivity index (χ4n) is 0. The molecule has 0 aliphatic carbocycles. The summed E-state index contributed by atoms with van der Waals surface area (Å²) >= 11 is 0. The molecule has 0 aromatic carbocycles. The van der Waals surface area contributed by atoms with E-state index < -0.39 is 0 Å². The Bertz CT molecular complexity index is 8.00. The van der Waals surface area contributed by atoms with Gasteiger partial charge in [-0.3, -0.25) is 0 Å². The molecule has 0 rings (SSSR count). The number of rotatable bonds is 0. The van der Waals surface area contributed by atoms with Crippen molar-refractivity contribution < 1.29 is 90.7 Å². The fraction of sp³-hybridized carbons (Fsp3) is 0. The Balaban J connectivity index is 0. The van der Waals surface area contributed by atoms with Crippen molar-refractivity contribution in [1.29, 1.82) is 0 Å². The normalized spacial score (nSPS) is 0. The first kappa shape index (κ1) is 23.6. The van der Waals surface area contributed by atoms with Gasteiger partial charge in [0.1, 0.15) is 0 Å². The molecule has 5 radical (unpaired) electrons. The molecule has 0 aliphatic heterocycles. The van der Waals surface area contributed by atoms with Gasteiger partial charge < -0.3 is 0 Å². The molecule has 0 bridgehead atoms. The van der Waals surface area contributed by atoms with Crippen molar-refractivity contribution in [2.45, 2.75) is 0 Å². The standard InChI is InChI=1S/La.Nb.Sr.Y. The minimum absolute atomic E-state index is 0. The van der Waals surface area contributed by atoms with E-state index >= 15 is 0 Å². The summed E-state index contributed by atoms with van der Waals surface area (Å²) in [6.45, 7) is 0. The molecule has 13 valence electrons. The first-order valence-electron chi connectivity index (χ1n) is 0. The smallest absolute Gasteiger partial charge is 0 e. The SMILES string of the molecule is [La].[Nb].[Sr].[Y]. The van der Waals surface area contributed by atoms with E-state index in [4.69, 9.17) is 0 Å². The third kappa shape index (κ3) is 9.72. The average Bonchev–Trinajstić information content (AvgIpc) is 0. The second kappa shape index (κ2) is 15.6. The van der Waals surface area contributed by atoms with Crippen LogP contribution in [0.15, 0.2) is 0 Å². The summed E-state index contributed by atoms with van der Waals surface area (Å²) in [5, 5.41) is 0. The van der Waals surface area contributed by atoms with Gasteiger partial charge in [0.05, 0.1) is 0 Å². The van der Waals surface area contributed by atoms with E-state index in [0.717, 1.165) is 0 Å². The first-order valence-corrected chi connectivity index (χ1v) is 0. The molecule has 0 aromatic heterocycles. The van der Waals surface area contributed by atoms with Gasteiger partial charge in [-0.15, -0.1) is 0 Å². The van der Waals surface area contributed by atoms with Gasteiger partial charge in [0.2, 0.25) is 0 Å². The van der Waals surface area contributed by atoms with E-state index in [1.165, 1.54) is 0 Å². The van der Waals surface area contributed by atoms with Crippen molar-refractivity contribution in [3.05, 3.63) is 0 Å². The van der Waals surface area contributed by atoms with Gasteiger partial charge in [-0.1, -0.05) is 0 Å². The minimum atomic E-state index is 0. The molecule has 0 aliphatic rings. The van der Waals surface area contributed by atoms with Gasteiger partial charge in [-0.25, -0.2) is 0 Å². The van der Waals surface area contributed by atoms with Crippen LogP contribution in [0.1, 0.15) is 0 Å². The molecule has 0 fully saturated rings. The van der Waals surface area contributed by atoms with Gasteiger partial charge >= 0.3 is 0 Å². The quantitative estimate of drug-likeness (QED) is 0.480. The van der Waals surface area contributed by atoms with Gasteiger partial charge in [0.15, 0.2) is 0 Å². The molecule has 0 atom stereocenters. The van der Waals surface area contributed by atoms with E-state index in [0.29, 0.717) is 0 Å². The largest absolute Gasteiger partial charge is 0 e. The van der Waals surface area contributed by atoms with Crippen LogP contribution in [0.2, 0.25) is 0 Å². The summed E-state index contributed by atoms with van der Waals surface area (Å²) in [6, 6.07) is 0. The maximum absolute atomic E-state index is 0. The number of hydrogen-bond donors (Lipinski definition) is 0. The number of hydrogen-bond acceptors (Lipinski definition) is 0. The van der Waals surface area contributed by atoms with E-state index in [-0.39, 0.29) is 136 Å². The van der Waals surface area contributed by atoms with Crippen LogP contribution in [0, 0.1) is 35.6 Å². The summed E-state index contributed by atoms with van der Waals surface area (Å²) in [6.07, 6.45) is 0. The van der Waals surface area contributed by atoms with Crippen LogP contribution in [0.5, 0.6) is 0 Å². The fourth-order valence-corrected chi connectivity index (χ4v) is 0. The summed E-state index contributed by atoms with van der Waals surface area (Å²) in [7, 11) is 0. The van der Waals surface area contributed by atoms with E-state index in [1.807, 2.05) is 0 Å². The van der Waals surface area contributed by atoms with Gasteiger partial charge in [0, 0.05) is 136 Å². The topological polar surface area (TPSA) is 0 Å². The minimum Gasteiger partial charge on any atom is 0 e. The second-order valence-corrected chi connectivity index (χ2v) is 0. The molecule has 4 heavy (non-hydrogen) atoms. The Hall–Kier alpha value is 4.52. The van der Waals surface area contributed by atoms with Crippen molar-refractivity contribution in [1.82, 2.24) is 0 Å². The van der Waals surface area contributed by atoms with Crippen molar-refractivity contribution >= 4 is 45.5 Å². The van der Waals surface area contributed by atoms with Crippen molar-refractivity contribution in [3.8, 4) is 0 Å². The molecule has 0 saturated carbocycles. The Labute approximate surface area is 132 Å². The Morgan fingerprint density at radius 2 is 1.00 bits per heavy atom. The molecule has 0 heterocycles. The van der Waals surface area contributed by atoms with Crippen LogP contribution < -0.4 is 0 Å². The maximum Gasteiger partial charge on any atom is 0 e. The van der Waals surface area contributed by atoms with Crippen LogP contribution in [-0.2, 0) is 55.1 Å². The summed E-state index contributed by atoms with van der Waals surface area (Å²) < 4.78 is 0. The zero-order valence-electron chi connectivity index (χ0n) is 2.31. The van der Waals surface area contributed by atoms with Gasteiger partial charge in [-0.05, 0) is 0 Å². The van der Waals surface area contributed by atoms with Crippen molar-refractivity contribution in [3.63, 3.8) is 0 Å². The van der Waals surface area contributed by atoms with Crippen LogP contribution in [-0.4, -0.2) is 45.5 Å². The van der Waals surface area contributed by atoms with Gasteiger partial charge in [-0.2, -0.15) is 0 Å². The van der Waals surface area contributed by atoms with Crippen LogP contribution in [0.25, 0.3) is 0 Å². The van der Waals surface area contributed by atoms with Crippen LogP contribution in [0.3, 0.4) is 0 Å². The van der Waals surface area contributed by atoms with Crippen molar-refractivity contribution in [2.75, 3.05) is 0 Å². The Morgan fingerprint density at radius 1 is 1.00 bits per heavy atom. The molecule has 0 unspecified atom stereocenters. The molecular weight excluding hydrogens is 408 g/mol. The predicted octanol–water partition coefficient (Wildman–Crippen LogP) is -0.386. The molecule has 0 nitrogen and oxygen atoms in total. The predicted molar refractivity (Wildman–Crippen MR) is 5.75 cm³/mol. The Kier molecular flexibility index (Phi) is 92.3. The van der Waals surface area contributed by atoms with E-state index in [9.17, 15) is 0 Å². The van der Waals surface area contributed by atoms with Crippen LogP contribution >= 0.6 is 0 Å². The summed E-state index contributed by atoms with van der Waals surface area (Å²) in [5.74, 6) is 0. The van der Waals surface area contributed by atoms with Gasteiger partial charge in [0.25, 0.3) is 0 Å². The average molecular weight is 408 g/mol. The molecule has 0 saturated heterocycles. The molecule has 0 amide bonds. The zero-order chi connectivity index (χ0) is 0. The maximum atomic E-state index is 0. The third-order valence-corrected chi connectivity index (χ3v) is 0. The summed E-state index contributed by atoms with van der Waals surface area (Å²) in [4.78, 5) is 0. The van der Waals surface area contributed by atoms with E-state index in [2.05, 4.69) is 0 Å². The Morgan fingerprint density at radius 3 is 1.00 bits per heavy atom. The second-order valence-electron chi connectivity index (χ2n) is 0. The molecule has 0 N–H and O–H groups in total. The van der Waals surface area contributed by atoms with Crippen LogP contribution in [0.4, 0.5) is 0 Å². The molecule has 4 heteroatoms. The molecule has 0 spiro atoms. The third-order valence-electron chi connectivity index (χ3n) is 0. The van der Waals surface area contributed by atoms with E-state index in [1.54, 1.807) is 0 Å². The first-order chi connectivity index (χ1) is 0. The zero-order valence-corrected chi connectivity index (χ0v) is 14.4. The summed E-state index contributed by atoms with van der Waals surface area (Å²) in [5.41, 5.74) is 0. The molecular formula is LaNbSrY. The van der Waals surface area contributed by atoms with Crippen molar-refractivity contribution in [2.24, 2.45) is 0 Å². The monoisotopic (exact) mass is 409 g/mol.